The number of nitrogens with one attached hydrogen (secondary N) is 2. The first-order valence-corrected chi connectivity index (χ1v) is 7.47. The van der Waals surface area contributed by atoms with Crippen molar-refractivity contribution in [1.29, 1.82) is 0 Å². The van der Waals surface area contributed by atoms with E-state index in [1.54, 1.807) is 7.11 Å². The molecule has 2 aromatic rings. The number of methoxy groups -OCH3 is 1. The van der Waals surface area contributed by atoms with Crippen molar-refractivity contribution in [3.63, 3.8) is 0 Å². The van der Waals surface area contributed by atoms with E-state index in [4.69, 9.17) is 4.74 Å². The smallest absolute Gasteiger partial charge is 0.315 e. The molecule has 0 heterocycles. The number of hydrogen-bond donors (Lipinski definition) is 2. The monoisotopic (exact) mass is 308 g/mol. The molecule has 0 saturated carbocycles. The van der Waals surface area contributed by atoms with E-state index >= 15 is 0 Å². The summed E-state index contributed by atoms with van der Waals surface area (Å²) in [5.41, 5.74) is 2.00. The Morgan fingerprint density at radius 1 is 1.04 bits per heavy atom. The van der Waals surface area contributed by atoms with Crippen LogP contribution >= 0.6 is 0 Å². The third-order valence-corrected chi connectivity index (χ3v) is 3.21. The number of para-hydroxylation sites is 1. The van der Waals surface area contributed by atoms with Crippen LogP contribution in [0.15, 0.2) is 54.6 Å². The van der Waals surface area contributed by atoms with E-state index < -0.39 is 0 Å². The molecule has 2 N–H and O–H groups in total. The zero-order chi connectivity index (χ0) is 16.3. The highest BCUT2D eigenvalue weighted by molar-refractivity contribution is 5.74. The average Bonchev–Trinajstić information content (AvgIpc) is 2.60. The highest BCUT2D eigenvalue weighted by atomic mass is 16.5. The van der Waals surface area contributed by atoms with E-state index in [1.165, 1.54) is 5.56 Å². The van der Waals surface area contributed by atoms with Gasteiger partial charge in [-0.05, 0) is 24.1 Å². The van der Waals surface area contributed by atoms with Gasteiger partial charge >= 0.3 is 6.03 Å². The molecule has 0 aromatic heterocycles. The number of amides is 2. The van der Waals surface area contributed by atoms with Gasteiger partial charge in [-0.15, -0.1) is 0 Å². The molecule has 0 radical (unpaired) electrons. The number of hydrogen-bond acceptors (Lipinski definition) is 2. The molecule has 118 valence electrons. The van der Waals surface area contributed by atoms with E-state index in [-0.39, 0.29) is 12.6 Å². The molecule has 0 unspecified atom stereocenters. The normalized spacial score (nSPS) is 9.43. The highest BCUT2D eigenvalue weighted by Gasteiger charge is 1.98. The van der Waals surface area contributed by atoms with Crippen molar-refractivity contribution in [2.45, 2.75) is 6.42 Å². The highest BCUT2D eigenvalue weighted by Crippen LogP contribution is 2.15. The molecule has 4 nitrogen and oxygen atoms in total. The SMILES string of the molecule is COc1ccccc1C#CCNC(=O)NCCc1ccccc1. The summed E-state index contributed by atoms with van der Waals surface area (Å²) in [7, 11) is 1.61. The van der Waals surface area contributed by atoms with Crippen LogP contribution in [0.2, 0.25) is 0 Å². The van der Waals surface area contributed by atoms with Crippen molar-refractivity contribution in [2.75, 3.05) is 20.2 Å². The first-order chi connectivity index (χ1) is 11.3. The molecule has 23 heavy (non-hydrogen) atoms. The van der Waals surface area contributed by atoms with Gasteiger partial charge < -0.3 is 15.4 Å². The van der Waals surface area contributed by atoms with Crippen molar-refractivity contribution in [3.05, 3.63) is 65.7 Å². The van der Waals surface area contributed by atoms with Crippen molar-refractivity contribution < 1.29 is 9.53 Å². The summed E-state index contributed by atoms with van der Waals surface area (Å²) < 4.78 is 5.22. The van der Waals surface area contributed by atoms with Crippen LogP contribution in [0.5, 0.6) is 5.75 Å². The van der Waals surface area contributed by atoms with Gasteiger partial charge in [0.05, 0.1) is 19.2 Å². The van der Waals surface area contributed by atoms with Crippen LogP contribution in [0.25, 0.3) is 0 Å². The molecule has 4 heteroatoms. The number of carbonyl (C=O) groups is 1. The van der Waals surface area contributed by atoms with Crippen molar-refractivity contribution in [3.8, 4) is 17.6 Å². The summed E-state index contributed by atoms with van der Waals surface area (Å²) in [6, 6.07) is 17.3. The maximum atomic E-state index is 11.7. The second-order valence-corrected chi connectivity index (χ2v) is 4.85. The van der Waals surface area contributed by atoms with Gasteiger partial charge in [0.2, 0.25) is 0 Å². The van der Waals surface area contributed by atoms with E-state index in [0.29, 0.717) is 6.54 Å². The summed E-state index contributed by atoms with van der Waals surface area (Å²) in [5.74, 6) is 6.63. The van der Waals surface area contributed by atoms with Crippen molar-refractivity contribution in [2.24, 2.45) is 0 Å². The number of benzene rings is 2. The van der Waals surface area contributed by atoms with Crippen LogP contribution in [0, 0.1) is 11.8 Å². The number of rotatable bonds is 5. The molecule has 2 rings (SSSR count). The molecule has 0 aliphatic rings. The second-order valence-electron chi connectivity index (χ2n) is 4.85. The van der Waals surface area contributed by atoms with Crippen LogP contribution in [0.3, 0.4) is 0 Å². The van der Waals surface area contributed by atoms with Crippen LogP contribution < -0.4 is 15.4 Å². The molecule has 0 spiro atoms. The van der Waals surface area contributed by atoms with Crippen molar-refractivity contribution >= 4 is 6.03 Å². The van der Waals surface area contributed by atoms with Gasteiger partial charge in [-0.1, -0.05) is 54.3 Å². The van der Waals surface area contributed by atoms with Gasteiger partial charge in [0.1, 0.15) is 5.75 Å². The molecule has 0 bridgehead atoms. The zero-order valence-corrected chi connectivity index (χ0v) is 13.1. The van der Waals surface area contributed by atoms with E-state index in [1.807, 2.05) is 54.6 Å². The number of carbonyl (C=O) groups excluding carboxylic acids is 1. The van der Waals surface area contributed by atoms with Crippen LogP contribution in [0.1, 0.15) is 11.1 Å². The Hall–Kier alpha value is -2.93. The predicted octanol–water partition coefficient (Wildman–Crippen LogP) is 2.59. The lowest BCUT2D eigenvalue weighted by atomic mass is 10.1. The second kappa shape index (κ2) is 9.16. The number of ether oxygens (including phenoxy) is 1. The van der Waals surface area contributed by atoms with E-state index in [9.17, 15) is 4.79 Å². The largest absolute Gasteiger partial charge is 0.495 e. The summed E-state index contributed by atoms with van der Waals surface area (Å²) in [6.07, 6.45) is 0.807. The Bertz CT molecular complexity index is 687. The molecular weight excluding hydrogens is 288 g/mol. The minimum absolute atomic E-state index is 0.213. The van der Waals surface area contributed by atoms with Gasteiger partial charge in [0, 0.05) is 6.54 Å². The lowest BCUT2D eigenvalue weighted by molar-refractivity contribution is 0.242. The van der Waals surface area contributed by atoms with Crippen LogP contribution in [-0.2, 0) is 6.42 Å². The molecular formula is C19H20N2O2. The molecule has 0 fully saturated rings. The summed E-state index contributed by atoms with van der Waals surface area (Å²) in [5, 5.41) is 5.52. The van der Waals surface area contributed by atoms with E-state index in [0.717, 1.165) is 17.7 Å². The quantitative estimate of drug-likeness (QED) is 0.834. The Kier molecular flexibility index (Phi) is 6.55. The third-order valence-electron chi connectivity index (χ3n) is 3.21. The molecule has 2 amide bonds. The molecule has 0 saturated heterocycles. The van der Waals surface area contributed by atoms with Gasteiger partial charge in [0.15, 0.2) is 0 Å². The summed E-state index contributed by atoms with van der Waals surface area (Å²) >= 11 is 0. The Morgan fingerprint density at radius 2 is 1.78 bits per heavy atom. The number of urea groups is 1. The maximum Gasteiger partial charge on any atom is 0.315 e. The first-order valence-electron chi connectivity index (χ1n) is 7.47. The maximum absolute atomic E-state index is 11.7. The van der Waals surface area contributed by atoms with Crippen molar-refractivity contribution in [1.82, 2.24) is 10.6 Å². The van der Waals surface area contributed by atoms with Gasteiger partial charge in [0.25, 0.3) is 0 Å². The minimum Gasteiger partial charge on any atom is -0.495 e. The first kappa shape index (κ1) is 16.4. The fraction of sp³-hybridized carbons (Fsp3) is 0.211. The lowest BCUT2D eigenvalue weighted by Gasteiger charge is -2.05. The molecule has 2 aromatic carbocycles. The summed E-state index contributed by atoms with van der Waals surface area (Å²) in [4.78, 5) is 11.7. The molecule has 0 aliphatic carbocycles. The van der Waals surface area contributed by atoms with Gasteiger partial charge in [-0.2, -0.15) is 0 Å². The topological polar surface area (TPSA) is 50.4 Å². The fourth-order valence-electron chi connectivity index (χ4n) is 2.04. The Balaban J connectivity index is 1.70. The summed E-state index contributed by atoms with van der Waals surface area (Å²) in [6.45, 7) is 0.880. The van der Waals surface area contributed by atoms with Crippen LogP contribution in [-0.4, -0.2) is 26.2 Å². The lowest BCUT2D eigenvalue weighted by Crippen LogP contribution is -2.36. The standard InChI is InChI=1S/C19H20N2O2/c1-23-18-12-6-5-10-17(18)11-7-14-20-19(22)21-15-13-16-8-3-2-4-9-16/h2-6,8-10,12H,13-15H2,1H3,(H2,20,21,22). The Labute approximate surface area is 136 Å². The fourth-order valence-corrected chi connectivity index (χ4v) is 2.04. The predicted molar refractivity (Wildman–Crippen MR) is 91.4 cm³/mol. The minimum atomic E-state index is -0.213. The molecule has 0 atom stereocenters. The van der Waals surface area contributed by atoms with Gasteiger partial charge in [-0.25, -0.2) is 4.79 Å². The Morgan fingerprint density at radius 3 is 2.57 bits per heavy atom. The third kappa shape index (κ3) is 5.76. The van der Waals surface area contributed by atoms with Gasteiger partial charge in [-0.3, -0.25) is 0 Å². The molecule has 0 aliphatic heterocycles. The van der Waals surface area contributed by atoms with E-state index in [2.05, 4.69) is 22.5 Å². The average molecular weight is 308 g/mol. The zero-order valence-electron chi connectivity index (χ0n) is 13.1. The van der Waals surface area contributed by atoms with Crippen LogP contribution in [0.4, 0.5) is 4.79 Å².